The van der Waals surface area contributed by atoms with Crippen LogP contribution in [0.15, 0.2) is 52.0 Å². The van der Waals surface area contributed by atoms with Crippen LogP contribution in [-0.4, -0.2) is 31.2 Å². The van der Waals surface area contributed by atoms with E-state index in [0.717, 1.165) is 22.5 Å². The fraction of sp³-hybridized carbons (Fsp3) is 0.353. The highest BCUT2D eigenvalue weighted by Crippen LogP contribution is 2.36. The minimum atomic E-state index is -4.82. The molecule has 0 saturated carbocycles. The van der Waals surface area contributed by atoms with Crippen molar-refractivity contribution in [3.63, 3.8) is 0 Å². The van der Waals surface area contributed by atoms with Crippen LogP contribution in [0.3, 0.4) is 0 Å². The molecule has 1 aromatic heterocycles. The van der Waals surface area contributed by atoms with Crippen molar-refractivity contribution in [3.05, 3.63) is 54.0 Å². The third-order valence-electron chi connectivity index (χ3n) is 4.30. The quantitative estimate of drug-likeness (QED) is 0.834. The summed E-state index contributed by atoms with van der Waals surface area (Å²) in [7, 11) is -4.49. The summed E-state index contributed by atoms with van der Waals surface area (Å²) in [6.07, 6.45) is -2.77. The Kier molecular flexibility index (Phi) is 5.29. The lowest BCUT2D eigenvalue weighted by Crippen LogP contribution is -2.46. The summed E-state index contributed by atoms with van der Waals surface area (Å²) in [4.78, 5) is 11.6. The smallest absolute Gasteiger partial charge is 0.417 e. The Morgan fingerprint density at radius 3 is 2.63 bits per heavy atom. The molecule has 3 rings (SSSR count). The van der Waals surface area contributed by atoms with Crippen molar-refractivity contribution in [1.29, 1.82) is 0 Å². The summed E-state index contributed by atoms with van der Waals surface area (Å²) in [5, 5.41) is 2.56. The van der Waals surface area contributed by atoms with Gasteiger partial charge in [-0.1, -0.05) is 12.1 Å². The molecule has 0 unspecified atom stereocenters. The van der Waals surface area contributed by atoms with Crippen molar-refractivity contribution >= 4 is 15.9 Å². The molecule has 0 aliphatic carbocycles. The highest BCUT2D eigenvalue weighted by Gasteiger charge is 2.43. The standard InChI is InChI=1S/C17H17F3N2O4S/c18-17(19,20)13-6-1-2-8-15(13)27(24,25)22-9-3-7-14(22)16(23)21-11-12-5-4-10-26-12/h1-2,4-6,8,10,14H,3,7,9,11H2,(H,21,23)/t14-/m1/s1. The Morgan fingerprint density at radius 2 is 1.96 bits per heavy atom. The summed E-state index contributed by atoms with van der Waals surface area (Å²) in [5.74, 6) is -0.0878. The van der Waals surface area contributed by atoms with Gasteiger partial charge in [0.25, 0.3) is 0 Å². The minimum absolute atomic E-state index is 0.0205. The highest BCUT2D eigenvalue weighted by molar-refractivity contribution is 7.89. The molecule has 6 nitrogen and oxygen atoms in total. The molecular formula is C17H17F3N2O4S. The fourth-order valence-corrected chi connectivity index (χ4v) is 4.92. The average molecular weight is 402 g/mol. The number of nitrogens with one attached hydrogen (secondary N) is 1. The molecule has 1 aliphatic heterocycles. The Bertz CT molecular complexity index is 911. The van der Waals surface area contributed by atoms with Crippen molar-refractivity contribution < 1.29 is 30.8 Å². The Morgan fingerprint density at radius 1 is 1.22 bits per heavy atom. The van der Waals surface area contributed by atoms with Gasteiger partial charge in [-0.15, -0.1) is 0 Å². The van der Waals surface area contributed by atoms with Gasteiger partial charge in [0, 0.05) is 6.54 Å². The van der Waals surface area contributed by atoms with Crippen LogP contribution in [0.25, 0.3) is 0 Å². The maximum atomic E-state index is 13.2. The van der Waals surface area contributed by atoms with Gasteiger partial charge in [0.1, 0.15) is 11.8 Å². The molecule has 1 amide bonds. The van der Waals surface area contributed by atoms with E-state index in [-0.39, 0.29) is 19.5 Å². The van der Waals surface area contributed by atoms with Crippen LogP contribution in [0.5, 0.6) is 0 Å². The number of amides is 1. The molecule has 1 atom stereocenters. The van der Waals surface area contributed by atoms with Gasteiger partial charge in [0.05, 0.1) is 23.3 Å². The first-order chi connectivity index (χ1) is 12.7. The lowest BCUT2D eigenvalue weighted by atomic mass is 10.2. The number of rotatable bonds is 5. The number of carbonyl (C=O) groups is 1. The van der Waals surface area contributed by atoms with E-state index < -0.39 is 38.6 Å². The number of furan rings is 1. The Hall–Kier alpha value is -2.33. The zero-order valence-electron chi connectivity index (χ0n) is 14.1. The molecular weight excluding hydrogens is 385 g/mol. The van der Waals surface area contributed by atoms with Crippen molar-refractivity contribution in [1.82, 2.24) is 9.62 Å². The molecule has 2 heterocycles. The van der Waals surface area contributed by atoms with E-state index in [4.69, 9.17) is 4.42 Å². The van der Waals surface area contributed by atoms with Crippen LogP contribution in [-0.2, 0) is 27.5 Å². The predicted octanol–water partition coefficient (Wildman–Crippen LogP) is 2.77. The van der Waals surface area contributed by atoms with Gasteiger partial charge in [-0.05, 0) is 37.1 Å². The van der Waals surface area contributed by atoms with Gasteiger partial charge in [0.2, 0.25) is 15.9 Å². The third kappa shape index (κ3) is 4.01. The summed E-state index contributed by atoms with van der Waals surface area (Å²) >= 11 is 0. The number of sulfonamides is 1. The van der Waals surface area contributed by atoms with Gasteiger partial charge in [-0.25, -0.2) is 8.42 Å². The third-order valence-corrected chi connectivity index (χ3v) is 6.27. The maximum absolute atomic E-state index is 13.2. The Balaban J connectivity index is 1.85. The molecule has 2 aromatic rings. The highest BCUT2D eigenvalue weighted by atomic mass is 32.2. The van der Waals surface area contributed by atoms with Crippen molar-refractivity contribution in [2.24, 2.45) is 0 Å². The van der Waals surface area contributed by atoms with Gasteiger partial charge in [0.15, 0.2) is 0 Å². The number of nitrogens with zero attached hydrogens (tertiary/aromatic N) is 1. The summed E-state index contributed by atoms with van der Waals surface area (Å²) in [5.41, 5.74) is -1.24. The number of hydrogen-bond donors (Lipinski definition) is 1. The van der Waals surface area contributed by atoms with Gasteiger partial charge >= 0.3 is 6.18 Å². The first kappa shape index (κ1) is 19.4. The van der Waals surface area contributed by atoms with Gasteiger partial charge in [-0.2, -0.15) is 17.5 Å². The van der Waals surface area contributed by atoms with Crippen molar-refractivity contribution in [2.75, 3.05) is 6.54 Å². The fourth-order valence-electron chi connectivity index (χ4n) is 3.05. The topological polar surface area (TPSA) is 79.6 Å². The van der Waals surface area contributed by atoms with Gasteiger partial charge in [-0.3, -0.25) is 4.79 Å². The molecule has 27 heavy (non-hydrogen) atoms. The van der Waals surface area contributed by atoms with Crippen molar-refractivity contribution in [3.8, 4) is 0 Å². The number of hydrogen-bond acceptors (Lipinski definition) is 4. The van der Waals surface area contributed by atoms with Crippen LogP contribution in [0.2, 0.25) is 0 Å². The first-order valence-corrected chi connectivity index (χ1v) is 9.63. The van der Waals surface area contributed by atoms with E-state index >= 15 is 0 Å². The summed E-state index contributed by atoms with van der Waals surface area (Å²) in [6.45, 7) is 0.0444. The monoisotopic (exact) mass is 402 g/mol. The van der Waals surface area contributed by atoms with Crippen LogP contribution < -0.4 is 5.32 Å². The number of alkyl halides is 3. The second kappa shape index (κ2) is 7.35. The first-order valence-electron chi connectivity index (χ1n) is 8.19. The largest absolute Gasteiger partial charge is 0.467 e. The summed E-state index contributed by atoms with van der Waals surface area (Å²) < 4.78 is 71.4. The molecule has 1 aromatic carbocycles. The zero-order valence-corrected chi connectivity index (χ0v) is 14.9. The lowest BCUT2D eigenvalue weighted by Gasteiger charge is -2.24. The van der Waals surface area contributed by atoms with Crippen molar-refractivity contribution in [2.45, 2.75) is 36.5 Å². The van der Waals surface area contributed by atoms with Crippen LogP contribution >= 0.6 is 0 Å². The van der Waals surface area contributed by atoms with Gasteiger partial charge < -0.3 is 9.73 Å². The van der Waals surface area contributed by atoms with Crippen LogP contribution in [0.4, 0.5) is 13.2 Å². The molecule has 1 N–H and O–H groups in total. The van der Waals surface area contributed by atoms with E-state index in [1.54, 1.807) is 12.1 Å². The van der Waals surface area contributed by atoms with Crippen LogP contribution in [0, 0.1) is 0 Å². The molecule has 146 valence electrons. The number of carbonyl (C=O) groups excluding carboxylic acids is 1. The van der Waals surface area contributed by atoms with E-state index in [0.29, 0.717) is 12.2 Å². The predicted molar refractivity (Wildman–Crippen MR) is 88.9 cm³/mol. The number of benzene rings is 1. The molecule has 0 bridgehead atoms. The molecule has 1 saturated heterocycles. The van der Waals surface area contributed by atoms with E-state index in [2.05, 4.69) is 5.32 Å². The normalized spacial score (nSPS) is 18.6. The lowest BCUT2D eigenvalue weighted by molar-refractivity contribution is -0.139. The second-order valence-electron chi connectivity index (χ2n) is 6.06. The molecule has 1 fully saturated rings. The van der Waals surface area contributed by atoms with E-state index in [9.17, 15) is 26.4 Å². The minimum Gasteiger partial charge on any atom is -0.467 e. The van der Waals surface area contributed by atoms with E-state index in [1.165, 1.54) is 12.3 Å². The van der Waals surface area contributed by atoms with E-state index in [1.807, 2.05) is 0 Å². The molecule has 10 heteroatoms. The maximum Gasteiger partial charge on any atom is 0.417 e. The van der Waals surface area contributed by atoms with Crippen LogP contribution in [0.1, 0.15) is 24.2 Å². The summed E-state index contributed by atoms with van der Waals surface area (Å²) in [6, 6.07) is 6.20. The Labute approximate surface area is 154 Å². The average Bonchev–Trinajstić information content (AvgIpc) is 3.30. The molecule has 1 aliphatic rings. The SMILES string of the molecule is O=C(NCc1ccco1)[C@H]1CCCN1S(=O)(=O)c1ccccc1C(F)(F)F. The number of halogens is 3. The molecule has 0 radical (unpaired) electrons. The molecule has 0 spiro atoms. The zero-order chi connectivity index (χ0) is 19.7. The second-order valence-corrected chi connectivity index (χ2v) is 7.92.